The zero-order valence-electron chi connectivity index (χ0n) is 15.8. The van der Waals surface area contributed by atoms with E-state index in [9.17, 15) is 28.1 Å². The molecule has 1 fully saturated rings. The molecular formula is C20H20F3N3O3. The summed E-state index contributed by atoms with van der Waals surface area (Å²) in [5, 5.41) is 13.4. The van der Waals surface area contributed by atoms with E-state index in [4.69, 9.17) is 0 Å². The Balaban J connectivity index is 1.95. The summed E-state index contributed by atoms with van der Waals surface area (Å²) in [6, 6.07) is 7.08. The number of non-ortho nitro benzene ring substituents is 1. The number of alkyl halides is 3. The van der Waals surface area contributed by atoms with Crippen molar-refractivity contribution in [1.82, 2.24) is 0 Å². The quantitative estimate of drug-likeness (QED) is 0.561. The SMILES string of the molecule is Cc1cc([N+](=O)[O-])ccc1C(=O)Nc1cc(C(F)(F)F)ccc1N1CCCCC1. The molecule has 1 aliphatic heterocycles. The van der Waals surface area contributed by atoms with E-state index in [2.05, 4.69) is 5.32 Å². The van der Waals surface area contributed by atoms with Crippen molar-refractivity contribution < 1.29 is 22.9 Å². The van der Waals surface area contributed by atoms with Gasteiger partial charge in [-0.3, -0.25) is 14.9 Å². The van der Waals surface area contributed by atoms with Crippen molar-refractivity contribution in [2.45, 2.75) is 32.4 Å². The van der Waals surface area contributed by atoms with Crippen LogP contribution in [-0.4, -0.2) is 23.9 Å². The smallest absolute Gasteiger partial charge is 0.370 e. The summed E-state index contributed by atoms with van der Waals surface area (Å²) in [6.07, 6.45) is -1.63. The predicted molar refractivity (Wildman–Crippen MR) is 103 cm³/mol. The number of anilines is 2. The van der Waals surface area contributed by atoms with E-state index < -0.39 is 22.6 Å². The molecule has 0 radical (unpaired) electrons. The summed E-state index contributed by atoms with van der Waals surface area (Å²) in [6.45, 7) is 2.94. The maximum atomic E-state index is 13.2. The van der Waals surface area contributed by atoms with Gasteiger partial charge in [-0.1, -0.05) is 0 Å². The van der Waals surface area contributed by atoms with Gasteiger partial charge in [-0.05, 0) is 56.0 Å². The number of nitrogens with one attached hydrogen (secondary N) is 1. The van der Waals surface area contributed by atoms with Crippen LogP contribution in [0.3, 0.4) is 0 Å². The molecule has 2 aromatic carbocycles. The van der Waals surface area contributed by atoms with Crippen molar-refractivity contribution in [2.24, 2.45) is 0 Å². The van der Waals surface area contributed by atoms with Gasteiger partial charge in [0, 0.05) is 30.8 Å². The molecule has 1 saturated heterocycles. The van der Waals surface area contributed by atoms with E-state index in [1.165, 1.54) is 24.3 Å². The first-order valence-electron chi connectivity index (χ1n) is 9.19. The number of hydrogen-bond acceptors (Lipinski definition) is 4. The molecule has 6 nitrogen and oxygen atoms in total. The van der Waals surface area contributed by atoms with Gasteiger partial charge in [-0.2, -0.15) is 13.2 Å². The molecule has 0 spiro atoms. The van der Waals surface area contributed by atoms with Crippen molar-refractivity contribution in [1.29, 1.82) is 0 Å². The molecule has 0 unspecified atom stereocenters. The van der Waals surface area contributed by atoms with Crippen molar-refractivity contribution in [2.75, 3.05) is 23.3 Å². The summed E-state index contributed by atoms with van der Waals surface area (Å²) in [4.78, 5) is 25.0. The fourth-order valence-corrected chi connectivity index (χ4v) is 3.43. The lowest BCUT2D eigenvalue weighted by atomic mass is 10.1. The average molecular weight is 407 g/mol. The highest BCUT2D eigenvalue weighted by atomic mass is 19.4. The summed E-state index contributed by atoms with van der Waals surface area (Å²) >= 11 is 0. The van der Waals surface area contributed by atoms with Crippen molar-refractivity contribution in [3.63, 3.8) is 0 Å². The Morgan fingerprint density at radius 3 is 2.38 bits per heavy atom. The third-order valence-corrected chi connectivity index (χ3v) is 4.93. The Labute approximate surface area is 165 Å². The number of halogens is 3. The number of benzene rings is 2. The van der Waals surface area contributed by atoms with E-state index >= 15 is 0 Å². The maximum Gasteiger partial charge on any atom is 0.416 e. The Kier molecular flexibility index (Phi) is 5.76. The number of carbonyl (C=O) groups is 1. The zero-order valence-corrected chi connectivity index (χ0v) is 15.8. The largest absolute Gasteiger partial charge is 0.416 e. The second-order valence-electron chi connectivity index (χ2n) is 6.99. The number of nitro groups is 1. The minimum atomic E-state index is -4.54. The highest BCUT2D eigenvalue weighted by Gasteiger charge is 2.32. The molecule has 0 bridgehead atoms. The number of nitro benzene ring substituents is 1. The Hall–Kier alpha value is -3.10. The third kappa shape index (κ3) is 4.67. The molecule has 9 heteroatoms. The summed E-state index contributed by atoms with van der Waals surface area (Å²) < 4.78 is 39.6. The van der Waals surface area contributed by atoms with Crippen molar-refractivity contribution in [3.8, 4) is 0 Å². The monoisotopic (exact) mass is 407 g/mol. The van der Waals surface area contributed by atoms with Gasteiger partial charge in [0.25, 0.3) is 11.6 Å². The van der Waals surface area contributed by atoms with Gasteiger partial charge in [0.15, 0.2) is 0 Å². The summed E-state index contributed by atoms with van der Waals surface area (Å²) in [5.74, 6) is -0.616. The summed E-state index contributed by atoms with van der Waals surface area (Å²) in [5.41, 5.74) is 0.122. The maximum absolute atomic E-state index is 13.2. The third-order valence-electron chi connectivity index (χ3n) is 4.93. The molecule has 1 amide bonds. The molecule has 0 aliphatic carbocycles. The molecule has 29 heavy (non-hydrogen) atoms. The van der Waals surface area contributed by atoms with Gasteiger partial charge >= 0.3 is 6.18 Å². The minimum absolute atomic E-state index is 0.0736. The fourth-order valence-electron chi connectivity index (χ4n) is 3.43. The van der Waals surface area contributed by atoms with Crippen LogP contribution in [0.15, 0.2) is 36.4 Å². The number of nitrogens with zero attached hydrogens (tertiary/aromatic N) is 2. The molecule has 3 rings (SSSR count). The molecule has 1 heterocycles. The number of piperidine rings is 1. The standard InChI is InChI=1S/C20H20F3N3O3/c1-13-11-15(26(28)29)6-7-16(13)19(27)24-17-12-14(20(21,22)23)5-8-18(17)25-9-3-2-4-10-25/h5-8,11-12H,2-4,9-10H2,1H3,(H,24,27). The molecule has 0 saturated carbocycles. The van der Waals surface area contributed by atoms with Crippen LogP contribution in [-0.2, 0) is 6.18 Å². The van der Waals surface area contributed by atoms with E-state index in [-0.39, 0.29) is 16.9 Å². The topological polar surface area (TPSA) is 75.5 Å². The van der Waals surface area contributed by atoms with E-state index in [0.29, 0.717) is 24.3 Å². The fraction of sp³-hybridized carbons (Fsp3) is 0.350. The predicted octanol–water partition coefficient (Wildman–Crippen LogP) is 5.16. The average Bonchev–Trinajstić information content (AvgIpc) is 2.67. The van der Waals surface area contributed by atoms with Gasteiger partial charge in [-0.25, -0.2) is 0 Å². The first kappa shape index (κ1) is 20.6. The van der Waals surface area contributed by atoms with Crippen molar-refractivity contribution in [3.05, 3.63) is 63.2 Å². The van der Waals surface area contributed by atoms with Crippen LogP contribution in [0.2, 0.25) is 0 Å². The molecule has 1 N–H and O–H groups in total. The van der Waals surface area contributed by atoms with Gasteiger partial charge in [0.2, 0.25) is 0 Å². The number of rotatable bonds is 4. The second kappa shape index (κ2) is 8.10. The van der Waals surface area contributed by atoms with Crippen LogP contribution < -0.4 is 10.2 Å². The lowest BCUT2D eigenvalue weighted by Crippen LogP contribution is -2.30. The van der Waals surface area contributed by atoms with Crippen molar-refractivity contribution >= 4 is 23.0 Å². The number of aryl methyl sites for hydroxylation is 1. The number of carbonyl (C=O) groups excluding carboxylic acids is 1. The van der Waals surface area contributed by atoms with E-state index in [0.717, 1.165) is 31.4 Å². The molecule has 1 aliphatic rings. The zero-order chi connectivity index (χ0) is 21.2. The Morgan fingerprint density at radius 1 is 1.10 bits per heavy atom. The van der Waals surface area contributed by atoms with Crippen LogP contribution in [0.4, 0.5) is 30.2 Å². The van der Waals surface area contributed by atoms with Gasteiger partial charge in [0.05, 0.1) is 21.9 Å². The Bertz CT molecular complexity index is 938. The van der Waals surface area contributed by atoms with Crippen LogP contribution in [0.1, 0.15) is 40.7 Å². The molecule has 0 atom stereocenters. The number of hydrogen-bond donors (Lipinski definition) is 1. The highest BCUT2D eigenvalue weighted by molar-refractivity contribution is 6.07. The van der Waals surface area contributed by atoms with Crippen LogP contribution in [0.25, 0.3) is 0 Å². The lowest BCUT2D eigenvalue weighted by Gasteiger charge is -2.31. The second-order valence-corrected chi connectivity index (χ2v) is 6.99. The van der Waals surface area contributed by atoms with Gasteiger partial charge in [-0.15, -0.1) is 0 Å². The molecule has 2 aromatic rings. The minimum Gasteiger partial charge on any atom is -0.370 e. The van der Waals surface area contributed by atoms with Crippen LogP contribution >= 0.6 is 0 Å². The lowest BCUT2D eigenvalue weighted by molar-refractivity contribution is -0.384. The highest BCUT2D eigenvalue weighted by Crippen LogP contribution is 2.36. The first-order valence-corrected chi connectivity index (χ1v) is 9.19. The molecular weight excluding hydrogens is 387 g/mol. The Morgan fingerprint density at radius 2 is 1.79 bits per heavy atom. The van der Waals surface area contributed by atoms with Gasteiger partial charge < -0.3 is 10.2 Å². The van der Waals surface area contributed by atoms with E-state index in [1.807, 2.05) is 4.90 Å². The van der Waals surface area contributed by atoms with Crippen LogP contribution in [0, 0.1) is 17.0 Å². The number of amides is 1. The van der Waals surface area contributed by atoms with E-state index in [1.54, 1.807) is 6.92 Å². The normalized spacial score (nSPS) is 14.6. The molecule has 0 aromatic heterocycles. The molecule has 154 valence electrons. The summed E-state index contributed by atoms with van der Waals surface area (Å²) in [7, 11) is 0. The van der Waals surface area contributed by atoms with Crippen LogP contribution in [0.5, 0.6) is 0 Å². The van der Waals surface area contributed by atoms with Gasteiger partial charge in [0.1, 0.15) is 0 Å². The first-order chi connectivity index (χ1) is 13.7.